The molecule has 2 nitrogen and oxygen atoms in total. The molecule has 1 aromatic carbocycles. The molecular formula is C13H18ClNO. The molecule has 0 fully saturated rings. The van der Waals surface area contributed by atoms with E-state index in [1.807, 2.05) is 26.0 Å². The Kier molecular flexibility index (Phi) is 5.33. The summed E-state index contributed by atoms with van der Waals surface area (Å²) in [5, 5.41) is 11.7. The highest BCUT2D eigenvalue weighted by molar-refractivity contribution is 6.69. The highest BCUT2D eigenvalue weighted by Crippen LogP contribution is 2.22. The summed E-state index contributed by atoms with van der Waals surface area (Å²) in [6.45, 7) is 4.00. The molecule has 1 aliphatic carbocycles. The van der Waals surface area contributed by atoms with Gasteiger partial charge in [-0.2, -0.15) is 0 Å². The van der Waals surface area contributed by atoms with E-state index in [1.54, 1.807) is 0 Å². The predicted molar refractivity (Wildman–Crippen MR) is 68.6 cm³/mol. The molecule has 0 radical (unpaired) electrons. The van der Waals surface area contributed by atoms with Crippen LogP contribution >= 0.6 is 11.6 Å². The van der Waals surface area contributed by atoms with Gasteiger partial charge in [-0.15, -0.1) is 0 Å². The van der Waals surface area contributed by atoms with Crippen LogP contribution in [0.25, 0.3) is 0 Å². The molecule has 0 aliphatic heterocycles. The summed E-state index contributed by atoms with van der Waals surface area (Å²) in [6.07, 6.45) is 4.78. The van der Waals surface area contributed by atoms with Crippen LogP contribution in [-0.4, -0.2) is 10.4 Å². The van der Waals surface area contributed by atoms with E-state index in [1.165, 1.54) is 24.0 Å². The zero-order valence-corrected chi connectivity index (χ0v) is 10.6. The molecule has 0 amide bonds. The van der Waals surface area contributed by atoms with Crippen molar-refractivity contribution in [2.75, 3.05) is 0 Å². The second kappa shape index (κ2) is 6.54. The van der Waals surface area contributed by atoms with Crippen LogP contribution in [0.15, 0.2) is 23.4 Å². The fraction of sp³-hybridized carbons (Fsp3) is 0.462. The molecule has 2 rings (SSSR count). The van der Waals surface area contributed by atoms with Crippen molar-refractivity contribution >= 4 is 16.8 Å². The Bertz CT molecular complexity index is 374. The number of fused-ring (bicyclic) bond motifs is 1. The van der Waals surface area contributed by atoms with Crippen molar-refractivity contribution in [3.63, 3.8) is 0 Å². The van der Waals surface area contributed by atoms with Crippen LogP contribution in [0.3, 0.4) is 0 Å². The smallest absolute Gasteiger partial charge is 0.175 e. The first-order chi connectivity index (χ1) is 7.81. The van der Waals surface area contributed by atoms with Gasteiger partial charge in [-0.25, -0.2) is 0 Å². The number of rotatable bonds is 1. The summed E-state index contributed by atoms with van der Waals surface area (Å²) in [7, 11) is 0. The van der Waals surface area contributed by atoms with E-state index in [9.17, 15) is 0 Å². The maximum Gasteiger partial charge on any atom is 0.175 e. The minimum Gasteiger partial charge on any atom is -0.410 e. The van der Waals surface area contributed by atoms with E-state index < -0.39 is 0 Å². The van der Waals surface area contributed by atoms with E-state index in [-0.39, 0.29) is 5.17 Å². The Hall–Kier alpha value is -1.02. The SMILES string of the molecule is CC.O/N=C(\Cl)c1ccc2c(c1)CCCC2. The molecule has 3 heteroatoms. The predicted octanol–water partition coefficient (Wildman–Crippen LogP) is 3.97. The van der Waals surface area contributed by atoms with Gasteiger partial charge < -0.3 is 5.21 Å². The molecule has 0 heterocycles. The summed E-state index contributed by atoms with van der Waals surface area (Å²) in [4.78, 5) is 0. The number of hydrogen-bond acceptors (Lipinski definition) is 2. The largest absolute Gasteiger partial charge is 0.410 e. The zero-order chi connectivity index (χ0) is 12.0. The number of nitrogens with zero attached hydrogens (tertiary/aromatic N) is 1. The standard InChI is InChI=1S/C11H12ClNO.C2H6/c12-11(13-14)10-6-5-8-3-1-2-4-9(8)7-10;1-2/h5-7,14H,1-4H2;1-2H3/b13-11-;. The highest BCUT2D eigenvalue weighted by atomic mass is 35.5. The van der Waals surface area contributed by atoms with Crippen LogP contribution in [0.1, 0.15) is 43.4 Å². The van der Waals surface area contributed by atoms with Crippen LogP contribution in [-0.2, 0) is 12.8 Å². The van der Waals surface area contributed by atoms with Crippen LogP contribution in [0.2, 0.25) is 0 Å². The van der Waals surface area contributed by atoms with Crippen LogP contribution in [0.4, 0.5) is 0 Å². The number of halogens is 1. The minimum absolute atomic E-state index is 0.165. The Morgan fingerprint density at radius 3 is 2.44 bits per heavy atom. The Morgan fingerprint density at radius 1 is 1.19 bits per heavy atom. The molecule has 0 atom stereocenters. The van der Waals surface area contributed by atoms with E-state index in [0.29, 0.717) is 0 Å². The van der Waals surface area contributed by atoms with Crippen molar-refractivity contribution in [3.8, 4) is 0 Å². The Labute approximate surface area is 102 Å². The third-order valence-electron chi connectivity index (χ3n) is 2.67. The molecule has 1 aromatic rings. The van der Waals surface area contributed by atoms with Crippen molar-refractivity contribution in [1.82, 2.24) is 0 Å². The van der Waals surface area contributed by atoms with Crippen LogP contribution in [0.5, 0.6) is 0 Å². The molecule has 0 unspecified atom stereocenters. The average Bonchev–Trinajstić information content (AvgIpc) is 2.39. The van der Waals surface area contributed by atoms with Gasteiger partial charge in [0.1, 0.15) is 0 Å². The maximum absolute atomic E-state index is 8.55. The van der Waals surface area contributed by atoms with Crippen molar-refractivity contribution in [1.29, 1.82) is 0 Å². The Balaban J connectivity index is 0.000000606. The van der Waals surface area contributed by atoms with Gasteiger partial charge in [-0.1, -0.05) is 42.7 Å². The summed E-state index contributed by atoms with van der Waals surface area (Å²) in [5.74, 6) is 0. The summed E-state index contributed by atoms with van der Waals surface area (Å²) < 4.78 is 0. The lowest BCUT2D eigenvalue weighted by molar-refractivity contribution is 0.321. The molecule has 1 N–H and O–H groups in total. The molecule has 0 saturated carbocycles. The fourth-order valence-corrected chi connectivity index (χ4v) is 2.04. The summed E-state index contributed by atoms with van der Waals surface area (Å²) in [5.41, 5.74) is 3.55. The van der Waals surface area contributed by atoms with Crippen molar-refractivity contribution in [2.24, 2.45) is 5.16 Å². The van der Waals surface area contributed by atoms with Crippen molar-refractivity contribution in [3.05, 3.63) is 34.9 Å². The van der Waals surface area contributed by atoms with Gasteiger partial charge >= 0.3 is 0 Å². The van der Waals surface area contributed by atoms with Gasteiger partial charge in [-0.05, 0) is 42.9 Å². The Morgan fingerprint density at radius 2 is 1.81 bits per heavy atom. The quantitative estimate of drug-likeness (QED) is 0.449. The summed E-state index contributed by atoms with van der Waals surface area (Å²) in [6, 6.07) is 6.01. The minimum atomic E-state index is 0.165. The lowest BCUT2D eigenvalue weighted by atomic mass is 9.90. The molecule has 1 aliphatic rings. The second-order valence-electron chi connectivity index (χ2n) is 3.58. The summed E-state index contributed by atoms with van der Waals surface area (Å²) >= 11 is 5.73. The van der Waals surface area contributed by atoms with Gasteiger partial charge in [0.2, 0.25) is 0 Å². The van der Waals surface area contributed by atoms with E-state index in [4.69, 9.17) is 16.8 Å². The number of hydrogen-bond donors (Lipinski definition) is 1. The fourth-order valence-electron chi connectivity index (χ4n) is 1.92. The van der Waals surface area contributed by atoms with Gasteiger partial charge in [0.15, 0.2) is 5.17 Å². The van der Waals surface area contributed by atoms with Crippen molar-refractivity contribution < 1.29 is 5.21 Å². The lowest BCUT2D eigenvalue weighted by Crippen LogP contribution is -2.04. The number of benzene rings is 1. The zero-order valence-electron chi connectivity index (χ0n) is 9.83. The molecule has 0 aromatic heterocycles. The van der Waals surface area contributed by atoms with Crippen molar-refractivity contribution in [2.45, 2.75) is 39.5 Å². The van der Waals surface area contributed by atoms with Crippen LogP contribution in [0, 0.1) is 0 Å². The first kappa shape index (κ1) is 13.0. The van der Waals surface area contributed by atoms with E-state index in [0.717, 1.165) is 18.4 Å². The molecule has 0 bridgehead atoms. The van der Waals surface area contributed by atoms with E-state index in [2.05, 4.69) is 11.2 Å². The monoisotopic (exact) mass is 239 g/mol. The first-order valence-electron chi connectivity index (χ1n) is 5.81. The third-order valence-corrected chi connectivity index (χ3v) is 2.97. The molecular weight excluding hydrogens is 222 g/mol. The topological polar surface area (TPSA) is 32.6 Å². The lowest BCUT2D eigenvalue weighted by Gasteiger charge is -2.15. The highest BCUT2D eigenvalue weighted by Gasteiger charge is 2.10. The third kappa shape index (κ3) is 2.99. The van der Waals surface area contributed by atoms with Gasteiger partial charge in [-0.3, -0.25) is 0 Å². The molecule has 16 heavy (non-hydrogen) atoms. The molecule has 88 valence electrons. The first-order valence-corrected chi connectivity index (χ1v) is 6.19. The normalized spacial score (nSPS) is 14.8. The second-order valence-corrected chi connectivity index (χ2v) is 3.94. The van der Waals surface area contributed by atoms with E-state index >= 15 is 0 Å². The number of oxime groups is 1. The molecule has 0 spiro atoms. The molecule has 0 saturated heterocycles. The van der Waals surface area contributed by atoms with Gasteiger partial charge in [0.05, 0.1) is 0 Å². The van der Waals surface area contributed by atoms with Gasteiger partial charge in [0.25, 0.3) is 0 Å². The maximum atomic E-state index is 8.55. The van der Waals surface area contributed by atoms with Crippen LogP contribution < -0.4 is 0 Å². The van der Waals surface area contributed by atoms with Gasteiger partial charge in [0, 0.05) is 5.56 Å². The number of aryl methyl sites for hydroxylation is 2. The average molecular weight is 240 g/mol.